The fourth-order valence-electron chi connectivity index (χ4n) is 3.74. The number of nitrogens with zero attached hydrogens (tertiary/aromatic N) is 1. The summed E-state index contributed by atoms with van der Waals surface area (Å²) in [4.78, 5) is 4.94. The van der Waals surface area contributed by atoms with E-state index in [4.69, 9.17) is 4.98 Å². The van der Waals surface area contributed by atoms with Crippen molar-refractivity contribution in [3.05, 3.63) is 71.7 Å². The summed E-state index contributed by atoms with van der Waals surface area (Å²) >= 11 is 0. The normalized spacial score (nSPS) is 16.4. The van der Waals surface area contributed by atoms with Crippen LogP contribution in [-0.4, -0.2) is 27.4 Å². The summed E-state index contributed by atoms with van der Waals surface area (Å²) < 4.78 is 13.6. The summed E-state index contributed by atoms with van der Waals surface area (Å²) in [6.07, 6.45) is 5.53. The lowest BCUT2D eigenvalue weighted by Crippen LogP contribution is -2.14. The second kappa shape index (κ2) is 8.44. The van der Waals surface area contributed by atoms with Crippen LogP contribution in [0.5, 0.6) is 0 Å². The molecule has 0 bridgehead atoms. The smallest absolute Gasteiger partial charge is 0.123 e. The first-order chi connectivity index (χ1) is 14.1. The van der Waals surface area contributed by atoms with Crippen LogP contribution in [0.15, 0.2) is 54.6 Å². The maximum absolute atomic E-state index is 13.6. The van der Waals surface area contributed by atoms with Crippen molar-refractivity contribution in [2.24, 2.45) is 0 Å². The molecule has 0 spiro atoms. The molecule has 1 aliphatic carbocycles. The minimum Gasteiger partial charge on any atom is -0.393 e. The Morgan fingerprint density at radius 2 is 1.83 bits per heavy atom. The van der Waals surface area contributed by atoms with Gasteiger partial charge < -0.3 is 10.2 Å². The third-order valence-electron chi connectivity index (χ3n) is 5.53. The second-order valence-corrected chi connectivity index (χ2v) is 7.81. The predicted molar refractivity (Wildman–Crippen MR) is 115 cm³/mol. The molecule has 4 heteroatoms. The molecule has 3 nitrogen and oxygen atoms in total. The van der Waals surface area contributed by atoms with Crippen molar-refractivity contribution < 1.29 is 14.6 Å². The standard InChI is InChI=1S/C25H26FNO2/c1-2-19(28)15-20(29)13-14-22-24(16-9-11-18(26)12-10-16)21-5-3-4-6-23(21)27-25(22)17-7-8-17/h3-6,9-14,17,19-20,28-29H,2,7-8,15H2,1H3/b14-13+/t19-,20-/m0/s1. The first kappa shape index (κ1) is 19.7. The summed E-state index contributed by atoms with van der Waals surface area (Å²) in [7, 11) is 0. The predicted octanol–water partition coefficient (Wildman–Crippen LogP) is 5.45. The molecule has 0 radical (unpaired) electrons. The van der Waals surface area contributed by atoms with Gasteiger partial charge in [-0.25, -0.2) is 4.39 Å². The molecule has 0 unspecified atom stereocenters. The van der Waals surface area contributed by atoms with Crippen LogP contribution in [0.3, 0.4) is 0 Å². The first-order valence-corrected chi connectivity index (χ1v) is 10.3. The third kappa shape index (κ3) is 4.39. The molecule has 1 aliphatic rings. The van der Waals surface area contributed by atoms with Gasteiger partial charge in [0.05, 0.1) is 23.4 Å². The van der Waals surface area contributed by atoms with Crippen LogP contribution >= 0.6 is 0 Å². The van der Waals surface area contributed by atoms with Gasteiger partial charge in [-0.1, -0.05) is 49.4 Å². The number of rotatable bonds is 7. The highest BCUT2D eigenvalue weighted by molar-refractivity contribution is 5.99. The molecule has 1 aromatic heterocycles. The van der Waals surface area contributed by atoms with Crippen molar-refractivity contribution in [2.45, 2.75) is 50.7 Å². The van der Waals surface area contributed by atoms with Gasteiger partial charge in [-0.3, -0.25) is 4.98 Å². The fraction of sp³-hybridized carbons (Fsp3) is 0.320. The number of pyridine rings is 1. The number of fused-ring (bicyclic) bond motifs is 1. The van der Waals surface area contributed by atoms with Crippen LogP contribution < -0.4 is 0 Å². The van der Waals surface area contributed by atoms with Crippen LogP contribution in [0.2, 0.25) is 0 Å². The molecule has 3 aromatic rings. The van der Waals surface area contributed by atoms with Crippen LogP contribution in [-0.2, 0) is 0 Å². The number of hydrogen-bond acceptors (Lipinski definition) is 3. The maximum atomic E-state index is 13.6. The zero-order valence-electron chi connectivity index (χ0n) is 16.6. The van der Waals surface area contributed by atoms with E-state index in [9.17, 15) is 14.6 Å². The SMILES string of the molecule is CC[C@H](O)C[C@@H](O)/C=C/c1c(C2CC2)nc2ccccc2c1-c1ccc(F)cc1. The number of aliphatic hydroxyl groups excluding tert-OH is 2. The average Bonchev–Trinajstić information content (AvgIpc) is 3.57. The van der Waals surface area contributed by atoms with Crippen LogP contribution in [0.1, 0.15) is 49.8 Å². The van der Waals surface area contributed by atoms with E-state index in [1.54, 1.807) is 18.2 Å². The van der Waals surface area contributed by atoms with Crippen LogP contribution in [0.4, 0.5) is 4.39 Å². The number of para-hydroxylation sites is 1. The van der Waals surface area contributed by atoms with E-state index in [-0.39, 0.29) is 5.82 Å². The van der Waals surface area contributed by atoms with E-state index < -0.39 is 12.2 Å². The highest BCUT2D eigenvalue weighted by atomic mass is 19.1. The van der Waals surface area contributed by atoms with Crippen molar-refractivity contribution in [1.82, 2.24) is 4.98 Å². The molecule has 0 saturated heterocycles. The minimum absolute atomic E-state index is 0.268. The molecule has 0 aliphatic heterocycles. The molecule has 0 amide bonds. The Balaban J connectivity index is 1.87. The number of hydrogen-bond donors (Lipinski definition) is 2. The van der Waals surface area contributed by atoms with E-state index >= 15 is 0 Å². The maximum Gasteiger partial charge on any atom is 0.123 e. The Hall–Kier alpha value is -2.56. The number of halogens is 1. The molecule has 1 fully saturated rings. The monoisotopic (exact) mass is 391 g/mol. The molecule has 1 heterocycles. The fourth-order valence-corrected chi connectivity index (χ4v) is 3.74. The highest BCUT2D eigenvalue weighted by Crippen LogP contribution is 2.45. The van der Waals surface area contributed by atoms with Crippen molar-refractivity contribution in [1.29, 1.82) is 0 Å². The van der Waals surface area contributed by atoms with Crippen molar-refractivity contribution >= 4 is 17.0 Å². The zero-order chi connectivity index (χ0) is 20.4. The lowest BCUT2D eigenvalue weighted by Gasteiger charge is -2.16. The molecule has 4 rings (SSSR count). The van der Waals surface area contributed by atoms with E-state index in [0.29, 0.717) is 18.8 Å². The lowest BCUT2D eigenvalue weighted by atomic mass is 9.92. The summed E-state index contributed by atoms with van der Waals surface area (Å²) in [6.45, 7) is 1.90. The molecule has 2 N–H and O–H groups in total. The minimum atomic E-state index is -0.732. The summed E-state index contributed by atoms with van der Waals surface area (Å²) in [5, 5.41) is 21.2. The van der Waals surface area contributed by atoms with Gasteiger partial charge in [0.2, 0.25) is 0 Å². The summed E-state index contributed by atoms with van der Waals surface area (Å²) in [5.74, 6) is 0.146. The average molecular weight is 391 g/mol. The van der Waals surface area contributed by atoms with Gasteiger partial charge >= 0.3 is 0 Å². The Morgan fingerprint density at radius 3 is 2.52 bits per heavy atom. The zero-order valence-corrected chi connectivity index (χ0v) is 16.6. The quantitative estimate of drug-likeness (QED) is 0.563. The Kier molecular flexibility index (Phi) is 5.74. The van der Waals surface area contributed by atoms with E-state index in [0.717, 1.165) is 46.1 Å². The molecule has 2 aromatic carbocycles. The van der Waals surface area contributed by atoms with Gasteiger partial charge in [0, 0.05) is 28.9 Å². The Morgan fingerprint density at radius 1 is 1.10 bits per heavy atom. The van der Waals surface area contributed by atoms with Gasteiger partial charge in [0.15, 0.2) is 0 Å². The van der Waals surface area contributed by atoms with Gasteiger partial charge in [-0.05, 0) is 43.0 Å². The molecule has 29 heavy (non-hydrogen) atoms. The van der Waals surface area contributed by atoms with Gasteiger partial charge in [0.1, 0.15) is 5.82 Å². The summed E-state index contributed by atoms with van der Waals surface area (Å²) in [6, 6.07) is 14.5. The highest BCUT2D eigenvalue weighted by Gasteiger charge is 2.29. The Bertz CT molecular complexity index is 1020. The van der Waals surface area contributed by atoms with Gasteiger partial charge in [0.25, 0.3) is 0 Å². The lowest BCUT2D eigenvalue weighted by molar-refractivity contribution is 0.102. The number of aliphatic hydroxyl groups is 2. The van der Waals surface area contributed by atoms with Crippen LogP contribution in [0, 0.1) is 5.82 Å². The summed E-state index contributed by atoms with van der Waals surface area (Å²) in [5.41, 5.74) is 4.87. The van der Waals surface area contributed by atoms with Gasteiger partial charge in [-0.2, -0.15) is 0 Å². The van der Waals surface area contributed by atoms with E-state index in [1.807, 2.05) is 37.3 Å². The largest absolute Gasteiger partial charge is 0.393 e. The molecule has 2 atom stereocenters. The number of aromatic nitrogens is 1. The third-order valence-corrected chi connectivity index (χ3v) is 5.53. The van der Waals surface area contributed by atoms with Crippen molar-refractivity contribution in [3.63, 3.8) is 0 Å². The molecule has 150 valence electrons. The topological polar surface area (TPSA) is 53.4 Å². The van der Waals surface area contributed by atoms with E-state index in [2.05, 4.69) is 0 Å². The molecular weight excluding hydrogens is 365 g/mol. The van der Waals surface area contributed by atoms with Gasteiger partial charge in [-0.15, -0.1) is 0 Å². The van der Waals surface area contributed by atoms with Crippen molar-refractivity contribution in [3.8, 4) is 11.1 Å². The van der Waals surface area contributed by atoms with Crippen molar-refractivity contribution in [2.75, 3.05) is 0 Å². The first-order valence-electron chi connectivity index (χ1n) is 10.3. The molecule has 1 saturated carbocycles. The Labute approximate surface area is 170 Å². The molecular formula is C25H26FNO2. The van der Waals surface area contributed by atoms with Crippen LogP contribution in [0.25, 0.3) is 28.1 Å². The van der Waals surface area contributed by atoms with E-state index in [1.165, 1.54) is 12.1 Å². The second-order valence-electron chi connectivity index (χ2n) is 7.81. The number of benzene rings is 2.